The summed E-state index contributed by atoms with van der Waals surface area (Å²) in [6, 6.07) is 10.5. The number of ether oxygens (including phenoxy) is 1. The minimum atomic E-state index is 0.549. The summed E-state index contributed by atoms with van der Waals surface area (Å²) in [4.78, 5) is 9.31. The highest BCUT2D eigenvalue weighted by Crippen LogP contribution is 2.34. The third-order valence-corrected chi connectivity index (χ3v) is 4.39. The van der Waals surface area contributed by atoms with Crippen LogP contribution in [0.4, 0.5) is 0 Å². The molecule has 134 valence electrons. The van der Waals surface area contributed by atoms with Crippen LogP contribution in [0.3, 0.4) is 0 Å². The van der Waals surface area contributed by atoms with Gasteiger partial charge < -0.3 is 19.9 Å². The van der Waals surface area contributed by atoms with Crippen molar-refractivity contribution in [2.45, 2.75) is 25.8 Å². The van der Waals surface area contributed by atoms with Crippen molar-refractivity contribution in [2.75, 3.05) is 47.4 Å². The Balaban J connectivity index is 1.84. The van der Waals surface area contributed by atoms with Crippen LogP contribution in [0.25, 0.3) is 0 Å². The summed E-state index contributed by atoms with van der Waals surface area (Å²) in [6.45, 7) is 5.28. The van der Waals surface area contributed by atoms with Crippen molar-refractivity contribution in [2.24, 2.45) is 10.9 Å². The van der Waals surface area contributed by atoms with E-state index in [9.17, 15) is 0 Å². The van der Waals surface area contributed by atoms with Crippen molar-refractivity contribution in [3.63, 3.8) is 0 Å². The molecule has 2 rings (SSSR count). The van der Waals surface area contributed by atoms with Gasteiger partial charge in [0.2, 0.25) is 0 Å². The highest BCUT2D eigenvalue weighted by atomic mass is 16.5. The number of para-hydroxylation sites is 1. The van der Waals surface area contributed by atoms with E-state index in [2.05, 4.69) is 43.2 Å². The molecule has 0 aromatic heterocycles. The van der Waals surface area contributed by atoms with Crippen LogP contribution in [-0.4, -0.2) is 69.2 Å². The van der Waals surface area contributed by atoms with Gasteiger partial charge in [0.15, 0.2) is 5.96 Å². The van der Waals surface area contributed by atoms with Crippen molar-refractivity contribution < 1.29 is 4.74 Å². The van der Waals surface area contributed by atoms with E-state index in [4.69, 9.17) is 9.73 Å². The second-order valence-electron chi connectivity index (χ2n) is 6.65. The molecule has 0 heterocycles. The topological polar surface area (TPSA) is 40.1 Å². The summed E-state index contributed by atoms with van der Waals surface area (Å²) in [5.74, 6) is 2.69. The molecule has 1 aromatic rings. The quantitative estimate of drug-likeness (QED) is 0.556. The summed E-state index contributed by atoms with van der Waals surface area (Å²) in [5.41, 5.74) is 0. The van der Waals surface area contributed by atoms with Gasteiger partial charge in [-0.05, 0) is 51.9 Å². The Hall–Kier alpha value is -1.75. The van der Waals surface area contributed by atoms with E-state index in [1.54, 1.807) is 0 Å². The number of nitrogens with zero attached hydrogens (tertiary/aromatic N) is 3. The zero-order valence-corrected chi connectivity index (χ0v) is 15.5. The predicted molar refractivity (Wildman–Crippen MR) is 101 cm³/mol. The third-order valence-electron chi connectivity index (χ3n) is 4.39. The number of hydrogen-bond acceptors (Lipinski definition) is 3. The van der Waals surface area contributed by atoms with E-state index in [0.29, 0.717) is 12.6 Å². The molecule has 1 fully saturated rings. The summed E-state index contributed by atoms with van der Waals surface area (Å²) in [5, 5.41) is 3.39. The number of hydrogen-bond donors (Lipinski definition) is 1. The molecule has 1 N–H and O–H groups in total. The van der Waals surface area contributed by atoms with Gasteiger partial charge in [-0.3, -0.25) is 4.99 Å². The molecule has 5 heteroatoms. The van der Waals surface area contributed by atoms with Gasteiger partial charge in [0.1, 0.15) is 12.4 Å². The molecule has 0 spiro atoms. The van der Waals surface area contributed by atoms with Gasteiger partial charge in [-0.15, -0.1) is 0 Å². The Kier molecular flexibility index (Phi) is 7.37. The molecule has 1 unspecified atom stereocenters. The first-order valence-corrected chi connectivity index (χ1v) is 8.95. The molecule has 1 saturated carbocycles. The van der Waals surface area contributed by atoms with Gasteiger partial charge in [0, 0.05) is 19.6 Å². The molecule has 24 heavy (non-hydrogen) atoms. The van der Waals surface area contributed by atoms with Crippen molar-refractivity contribution in [1.82, 2.24) is 15.1 Å². The molecule has 0 bridgehead atoms. The molecule has 1 atom stereocenters. The fraction of sp³-hybridized carbons (Fsp3) is 0.632. The molecule has 0 amide bonds. The summed E-state index contributed by atoms with van der Waals surface area (Å²) in [7, 11) is 6.38. The largest absolute Gasteiger partial charge is 0.492 e. The SMILES string of the molecule is CCNC(=NCC(C1CC1)N(C)C)N(C)CCOc1ccccc1. The number of nitrogens with one attached hydrogen (secondary N) is 1. The molecule has 0 saturated heterocycles. The molecule has 1 aromatic carbocycles. The summed E-state index contributed by atoms with van der Waals surface area (Å²) >= 11 is 0. The number of rotatable bonds is 9. The molecular formula is C19H32N4O. The van der Waals surface area contributed by atoms with Crippen LogP contribution in [0.5, 0.6) is 5.75 Å². The predicted octanol–water partition coefficient (Wildman–Crippen LogP) is 2.30. The second kappa shape index (κ2) is 9.52. The van der Waals surface area contributed by atoms with E-state index in [-0.39, 0.29) is 0 Å². The van der Waals surface area contributed by atoms with Crippen LogP contribution in [0.15, 0.2) is 35.3 Å². The maximum Gasteiger partial charge on any atom is 0.193 e. The normalized spacial score (nSPS) is 16.1. The first-order valence-electron chi connectivity index (χ1n) is 8.95. The van der Waals surface area contributed by atoms with E-state index < -0.39 is 0 Å². The second-order valence-corrected chi connectivity index (χ2v) is 6.65. The standard InChI is InChI=1S/C19H32N4O/c1-5-20-19(21-15-18(22(2)3)16-11-12-16)23(4)13-14-24-17-9-7-6-8-10-17/h6-10,16,18H,5,11-15H2,1-4H3,(H,20,21). The van der Waals surface area contributed by atoms with Crippen molar-refractivity contribution >= 4 is 5.96 Å². The van der Waals surface area contributed by atoms with E-state index in [0.717, 1.165) is 37.3 Å². The van der Waals surface area contributed by atoms with Crippen molar-refractivity contribution in [1.29, 1.82) is 0 Å². The van der Waals surface area contributed by atoms with Crippen LogP contribution in [0.2, 0.25) is 0 Å². The Morgan fingerprint density at radius 1 is 1.25 bits per heavy atom. The smallest absolute Gasteiger partial charge is 0.193 e. The molecule has 1 aliphatic carbocycles. The molecular weight excluding hydrogens is 300 g/mol. The molecule has 0 radical (unpaired) electrons. The first kappa shape index (κ1) is 18.6. The fourth-order valence-corrected chi connectivity index (χ4v) is 2.79. The van der Waals surface area contributed by atoms with E-state index in [1.165, 1.54) is 12.8 Å². The van der Waals surface area contributed by atoms with Crippen LogP contribution >= 0.6 is 0 Å². The number of benzene rings is 1. The molecule has 0 aliphatic heterocycles. The van der Waals surface area contributed by atoms with Crippen molar-refractivity contribution in [3.05, 3.63) is 30.3 Å². The summed E-state index contributed by atoms with van der Waals surface area (Å²) in [6.07, 6.45) is 2.69. The monoisotopic (exact) mass is 332 g/mol. The van der Waals surface area contributed by atoms with Crippen LogP contribution in [0, 0.1) is 5.92 Å². The first-order chi connectivity index (χ1) is 11.6. The highest BCUT2D eigenvalue weighted by Gasteiger charge is 2.32. The van der Waals surface area contributed by atoms with Gasteiger partial charge in [-0.1, -0.05) is 18.2 Å². The Morgan fingerprint density at radius 3 is 2.54 bits per heavy atom. The molecule has 1 aliphatic rings. The summed E-state index contributed by atoms with van der Waals surface area (Å²) < 4.78 is 5.78. The lowest BCUT2D eigenvalue weighted by molar-refractivity contribution is 0.267. The van der Waals surface area contributed by atoms with Gasteiger partial charge in [0.25, 0.3) is 0 Å². The van der Waals surface area contributed by atoms with Crippen LogP contribution in [0.1, 0.15) is 19.8 Å². The number of guanidine groups is 1. The van der Waals surface area contributed by atoms with Gasteiger partial charge in [-0.25, -0.2) is 0 Å². The Bertz CT molecular complexity index is 497. The minimum Gasteiger partial charge on any atom is -0.492 e. The Morgan fingerprint density at radius 2 is 1.96 bits per heavy atom. The average molecular weight is 332 g/mol. The maximum absolute atomic E-state index is 5.78. The average Bonchev–Trinajstić information content (AvgIpc) is 3.39. The highest BCUT2D eigenvalue weighted by molar-refractivity contribution is 5.79. The zero-order valence-electron chi connectivity index (χ0n) is 15.5. The lowest BCUT2D eigenvalue weighted by atomic mass is 10.2. The van der Waals surface area contributed by atoms with Crippen LogP contribution in [-0.2, 0) is 0 Å². The van der Waals surface area contributed by atoms with Crippen LogP contribution < -0.4 is 10.1 Å². The minimum absolute atomic E-state index is 0.549. The van der Waals surface area contributed by atoms with E-state index in [1.807, 2.05) is 30.3 Å². The number of aliphatic imine (C=N–C) groups is 1. The van der Waals surface area contributed by atoms with Crippen molar-refractivity contribution in [3.8, 4) is 5.75 Å². The third kappa shape index (κ3) is 6.04. The Labute approximate surface area is 146 Å². The zero-order chi connectivity index (χ0) is 17.4. The van der Waals surface area contributed by atoms with Gasteiger partial charge >= 0.3 is 0 Å². The van der Waals surface area contributed by atoms with Gasteiger partial charge in [-0.2, -0.15) is 0 Å². The lowest BCUT2D eigenvalue weighted by Gasteiger charge is -2.25. The fourth-order valence-electron chi connectivity index (χ4n) is 2.79. The molecule has 5 nitrogen and oxygen atoms in total. The lowest BCUT2D eigenvalue weighted by Crippen LogP contribution is -2.42. The van der Waals surface area contributed by atoms with Gasteiger partial charge in [0.05, 0.1) is 13.1 Å². The van der Waals surface area contributed by atoms with E-state index >= 15 is 0 Å². The number of likely N-dealkylation sites (N-methyl/N-ethyl adjacent to an activating group) is 2. The maximum atomic E-state index is 5.78.